The molecule has 0 spiro atoms. The van der Waals surface area contributed by atoms with Gasteiger partial charge in [-0.25, -0.2) is 0 Å². The van der Waals surface area contributed by atoms with Gasteiger partial charge in [0, 0.05) is 0 Å². The molecule has 0 aromatic heterocycles. The van der Waals surface area contributed by atoms with Gasteiger partial charge in [-0.1, -0.05) is 105 Å². The first-order chi connectivity index (χ1) is 8.85. The molecule has 0 unspecified atom stereocenters. The SMILES string of the molecule is CCCCCCCCI.CCCc1ccccc1. The molecule has 0 atom stereocenters. The molecule has 0 aliphatic rings. The molecule has 0 nitrogen and oxygen atoms in total. The molecule has 104 valence electrons. The van der Waals surface area contributed by atoms with Gasteiger partial charge in [0.1, 0.15) is 0 Å². The number of aryl methyl sites for hydroxylation is 1. The zero-order valence-electron chi connectivity index (χ0n) is 12.1. The summed E-state index contributed by atoms with van der Waals surface area (Å²) < 4.78 is 1.34. The van der Waals surface area contributed by atoms with Crippen LogP contribution in [0.25, 0.3) is 0 Å². The largest absolute Gasteiger partial charge is 0.0864 e. The van der Waals surface area contributed by atoms with Crippen LogP contribution in [-0.2, 0) is 6.42 Å². The van der Waals surface area contributed by atoms with Gasteiger partial charge < -0.3 is 0 Å². The number of halogens is 1. The molecule has 1 heteroatoms. The molecule has 0 radical (unpaired) electrons. The first kappa shape index (κ1) is 17.9. The minimum Gasteiger partial charge on any atom is -0.0864 e. The lowest BCUT2D eigenvalue weighted by molar-refractivity contribution is 0.629. The maximum absolute atomic E-state index is 2.45. The lowest BCUT2D eigenvalue weighted by Crippen LogP contribution is -1.78. The van der Waals surface area contributed by atoms with Gasteiger partial charge in [0.15, 0.2) is 0 Å². The first-order valence-corrected chi connectivity index (χ1v) is 8.97. The summed E-state index contributed by atoms with van der Waals surface area (Å²) in [5, 5.41) is 0. The Labute approximate surface area is 128 Å². The Morgan fingerprint density at radius 3 is 1.94 bits per heavy atom. The van der Waals surface area contributed by atoms with Gasteiger partial charge in [0.25, 0.3) is 0 Å². The highest BCUT2D eigenvalue weighted by atomic mass is 127. The van der Waals surface area contributed by atoms with Crippen LogP contribution in [0.3, 0.4) is 0 Å². The predicted molar refractivity (Wildman–Crippen MR) is 92.7 cm³/mol. The van der Waals surface area contributed by atoms with Crippen molar-refractivity contribution in [3.8, 4) is 0 Å². The molecule has 0 aliphatic carbocycles. The number of hydrogen-bond donors (Lipinski definition) is 0. The quantitative estimate of drug-likeness (QED) is 0.285. The minimum atomic E-state index is 1.21. The summed E-state index contributed by atoms with van der Waals surface area (Å²) >= 11 is 2.45. The van der Waals surface area contributed by atoms with Crippen LogP contribution in [0.15, 0.2) is 30.3 Å². The molecule has 0 fully saturated rings. The van der Waals surface area contributed by atoms with E-state index in [1.165, 1.54) is 61.4 Å². The summed E-state index contributed by atoms with van der Waals surface area (Å²) in [6, 6.07) is 10.6. The Hall–Kier alpha value is -0.0500. The highest BCUT2D eigenvalue weighted by Gasteiger charge is 1.86. The van der Waals surface area contributed by atoms with Crippen LogP contribution in [0, 0.1) is 0 Å². The maximum Gasteiger partial charge on any atom is -0.000473 e. The fourth-order valence-electron chi connectivity index (χ4n) is 1.81. The van der Waals surface area contributed by atoms with Crippen molar-refractivity contribution >= 4 is 22.6 Å². The summed E-state index contributed by atoms with van der Waals surface area (Å²) in [6.45, 7) is 4.46. The van der Waals surface area contributed by atoms with E-state index in [9.17, 15) is 0 Å². The highest BCUT2D eigenvalue weighted by Crippen LogP contribution is 2.05. The van der Waals surface area contributed by atoms with Gasteiger partial charge in [-0.3, -0.25) is 0 Å². The Balaban J connectivity index is 0.000000321. The van der Waals surface area contributed by atoms with Gasteiger partial charge >= 0.3 is 0 Å². The van der Waals surface area contributed by atoms with E-state index in [0.717, 1.165) is 0 Å². The molecule has 18 heavy (non-hydrogen) atoms. The van der Waals surface area contributed by atoms with Crippen LogP contribution in [-0.4, -0.2) is 4.43 Å². The van der Waals surface area contributed by atoms with Gasteiger partial charge in [0.2, 0.25) is 0 Å². The fraction of sp³-hybridized carbons (Fsp3) is 0.647. The average molecular weight is 360 g/mol. The number of hydrogen-bond acceptors (Lipinski definition) is 0. The van der Waals surface area contributed by atoms with Crippen molar-refractivity contribution in [3.63, 3.8) is 0 Å². The van der Waals surface area contributed by atoms with Crippen molar-refractivity contribution in [2.75, 3.05) is 4.43 Å². The van der Waals surface area contributed by atoms with E-state index in [4.69, 9.17) is 0 Å². The number of benzene rings is 1. The van der Waals surface area contributed by atoms with Gasteiger partial charge in [-0.15, -0.1) is 0 Å². The molecule has 0 amide bonds. The van der Waals surface area contributed by atoms with Crippen molar-refractivity contribution in [2.45, 2.75) is 65.2 Å². The molecule has 0 N–H and O–H groups in total. The van der Waals surface area contributed by atoms with Gasteiger partial charge in [0.05, 0.1) is 0 Å². The molecule has 1 aromatic carbocycles. The molecule has 0 bridgehead atoms. The van der Waals surface area contributed by atoms with Crippen LogP contribution in [0.1, 0.15) is 64.4 Å². The molecule has 0 heterocycles. The monoisotopic (exact) mass is 360 g/mol. The van der Waals surface area contributed by atoms with E-state index in [1.807, 2.05) is 0 Å². The standard InChI is InChI=1S/C9H12.C8H17I/c1-2-6-9-7-4-3-5-8-9;1-2-3-4-5-6-7-8-9/h3-5,7-8H,2,6H2,1H3;2-8H2,1H3. The lowest BCUT2D eigenvalue weighted by Gasteiger charge is -1.95. The van der Waals surface area contributed by atoms with Gasteiger partial charge in [-0.2, -0.15) is 0 Å². The van der Waals surface area contributed by atoms with Crippen molar-refractivity contribution in [1.82, 2.24) is 0 Å². The number of unbranched alkanes of at least 4 members (excludes halogenated alkanes) is 5. The summed E-state index contributed by atoms with van der Waals surface area (Å²) in [5.41, 5.74) is 1.44. The topological polar surface area (TPSA) is 0 Å². The third-order valence-electron chi connectivity index (χ3n) is 2.87. The summed E-state index contributed by atoms with van der Waals surface area (Å²) in [6.07, 6.45) is 11.0. The zero-order chi connectivity index (χ0) is 13.5. The highest BCUT2D eigenvalue weighted by molar-refractivity contribution is 14.1. The summed E-state index contributed by atoms with van der Waals surface area (Å²) in [4.78, 5) is 0. The third-order valence-corrected chi connectivity index (χ3v) is 3.63. The van der Waals surface area contributed by atoms with Crippen LogP contribution < -0.4 is 0 Å². The third kappa shape index (κ3) is 12.4. The van der Waals surface area contributed by atoms with Crippen LogP contribution in [0.5, 0.6) is 0 Å². The van der Waals surface area contributed by atoms with E-state index in [0.29, 0.717) is 0 Å². The molecule has 1 rings (SSSR count). The normalized spacial score (nSPS) is 9.72. The van der Waals surface area contributed by atoms with Crippen LogP contribution in [0.2, 0.25) is 0 Å². The maximum atomic E-state index is 2.45. The van der Waals surface area contributed by atoms with E-state index < -0.39 is 0 Å². The number of rotatable bonds is 8. The van der Waals surface area contributed by atoms with Crippen molar-refractivity contribution in [3.05, 3.63) is 35.9 Å². The summed E-state index contributed by atoms with van der Waals surface area (Å²) in [7, 11) is 0. The lowest BCUT2D eigenvalue weighted by atomic mass is 10.1. The molecular weight excluding hydrogens is 331 g/mol. The minimum absolute atomic E-state index is 1.21. The Morgan fingerprint density at radius 2 is 1.39 bits per heavy atom. The van der Waals surface area contributed by atoms with Gasteiger partial charge in [-0.05, 0) is 22.8 Å². The van der Waals surface area contributed by atoms with Crippen molar-refractivity contribution in [2.24, 2.45) is 0 Å². The second-order valence-corrected chi connectivity index (χ2v) is 5.77. The zero-order valence-corrected chi connectivity index (χ0v) is 14.3. The smallest absolute Gasteiger partial charge is 0.000473 e. The predicted octanol–water partition coefficient (Wildman–Crippen LogP) is 6.42. The first-order valence-electron chi connectivity index (χ1n) is 7.45. The summed E-state index contributed by atoms with van der Waals surface area (Å²) in [5.74, 6) is 0. The Morgan fingerprint density at radius 1 is 0.778 bits per heavy atom. The van der Waals surface area contributed by atoms with Crippen LogP contribution in [0.4, 0.5) is 0 Å². The second kappa shape index (κ2) is 15.0. The van der Waals surface area contributed by atoms with E-state index in [2.05, 4.69) is 66.8 Å². The average Bonchev–Trinajstić information content (AvgIpc) is 2.41. The molecular formula is C17H29I. The molecule has 0 saturated carbocycles. The van der Waals surface area contributed by atoms with E-state index in [1.54, 1.807) is 0 Å². The van der Waals surface area contributed by atoms with E-state index in [-0.39, 0.29) is 0 Å². The Kier molecular flexibility index (Phi) is 15.0. The molecule has 0 saturated heterocycles. The fourth-order valence-corrected chi connectivity index (χ4v) is 2.35. The number of alkyl halides is 1. The second-order valence-electron chi connectivity index (χ2n) is 4.69. The molecule has 1 aromatic rings. The van der Waals surface area contributed by atoms with Crippen LogP contribution >= 0.6 is 22.6 Å². The Bertz CT molecular complexity index is 237. The van der Waals surface area contributed by atoms with Crippen molar-refractivity contribution in [1.29, 1.82) is 0 Å². The molecule has 0 aliphatic heterocycles. The van der Waals surface area contributed by atoms with E-state index >= 15 is 0 Å². The van der Waals surface area contributed by atoms with Crippen molar-refractivity contribution < 1.29 is 0 Å².